The van der Waals surface area contributed by atoms with E-state index in [1.165, 1.54) is 0 Å². The van der Waals surface area contributed by atoms with Crippen molar-refractivity contribution in [2.45, 2.75) is 6.54 Å². The Kier molecular flexibility index (Phi) is 3.59. The lowest BCUT2D eigenvalue weighted by atomic mass is 10.3. The highest BCUT2D eigenvalue weighted by Gasteiger charge is 2.15. The van der Waals surface area contributed by atoms with Gasteiger partial charge in [0, 0.05) is 13.2 Å². The fourth-order valence-electron chi connectivity index (χ4n) is 1.44. The predicted molar refractivity (Wildman–Crippen MR) is 68.0 cm³/mol. The molecule has 2 heterocycles. The molecule has 0 atom stereocenters. The molecule has 0 aliphatic heterocycles. The quantitative estimate of drug-likeness (QED) is 0.944. The van der Waals surface area contributed by atoms with Gasteiger partial charge in [-0.2, -0.15) is 0 Å². The van der Waals surface area contributed by atoms with Crippen molar-refractivity contribution in [2.24, 2.45) is 0 Å². The summed E-state index contributed by atoms with van der Waals surface area (Å²) in [4.78, 5) is 16.3. The molecule has 0 spiro atoms. The number of amides is 1. The maximum atomic E-state index is 12.0. The molecule has 4 nitrogen and oxygen atoms in total. The standard InChI is InChI=1S/C11H10BrClN2O2/c1-15(6-8-2-3-10(12)17-8)11(16)9-4-7(13)5-14-9/h2-5,14H,6H2,1H3. The molecular formula is C11H10BrClN2O2. The van der Waals surface area contributed by atoms with Gasteiger partial charge in [-0.15, -0.1) is 0 Å². The van der Waals surface area contributed by atoms with Gasteiger partial charge in [-0.1, -0.05) is 11.6 Å². The molecule has 0 fully saturated rings. The monoisotopic (exact) mass is 316 g/mol. The van der Waals surface area contributed by atoms with Crippen LogP contribution in [0.15, 0.2) is 33.5 Å². The van der Waals surface area contributed by atoms with Gasteiger partial charge < -0.3 is 14.3 Å². The number of nitrogens with zero attached hydrogens (tertiary/aromatic N) is 1. The van der Waals surface area contributed by atoms with Crippen molar-refractivity contribution in [1.82, 2.24) is 9.88 Å². The van der Waals surface area contributed by atoms with Crippen LogP contribution in [0.2, 0.25) is 5.02 Å². The third-order valence-corrected chi connectivity index (χ3v) is 2.89. The molecule has 0 radical (unpaired) electrons. The minimum atomic E-state index is -0.135. The Morgan fingerprint density at radius 3 is 2.88 bits per heavy atom. The summed E-state index contributed by atoms with van der Waals surface area (Å²) in [6, 6.07) is 5.20. The van der Waals surface area contributed by atoms with Crippen LogP contribution in [0.3, 0.4) is 0 Å². The SMILES string of the molecule is CN(Cc1ccc(Br)o1)C(=O)c1cc(Cl)c[nH]1. The number of furan rings is 1. The molecule has 0 aliphatic carbocycles. The van der Waals surface area contributed by atoms with Crippen LogP contribution in [0.5, 0.6) is 0 Å². The van der Waals surface area contributed by atoms with Crippen LogP contribution in [0.1, 0.15) is 16.2 Å². The van der Waals surface area contributed by atoms with E-state index in [9.17, 15) is 4.79 Å². The third kappa shape index (κ3) is 2.92. The van der Waals surface area contributed by atoms with Gasteiger partial charge in [0.1, 0.15) is 11.5 Å². The van der Waals surface area contributed by atoms with Crippen molar-refractivity contribution in [3.05, 3.63) is 45.5 Å². The van der Waals surface area contributed by atoms with Crippen molar-refractivity contribution < 1.29 is 9.21 Å². The number of halogens is 2. The topological polar surface area (TPSA) is 49.2 Å². The number of aromatic amines is 1. The van der Waals surface area contributed by atoms with Crippen molar-refractivity contribution in [3.8, 4) is 0 Å². The van der Waals surface area contributed by atoms with Gasteiger partial charge >= 0.3 is 0 Å². The molecule has 0 saturated carbocycles. The molecule has 90 valence electrons. The van der Waals surface area contributed by atoms with E-state index >= 15 is 0 Å². The normalized spacial score (nSPS) is 10.5. The molecule has 0 unspecified atom stereocenters. The van der Waals surface area contributed by atoms with E-state index in [0.717, 1.165) is 0 Å². The Hall–Kier alpha value is -1.20. The Labute approximate surface area is 112 Å². The zero-order valence-corrected chi connectivity index (χ0v) is 11.4. The second-order valence-electron chi connectivity index (χ2n) is 3.60. The van der Waals surface area contributed by atoms with Gasteiger partial charge in [0.15, 0.2) is 4.67 Å². The maximum absolute atomic E-state index is 12.0. The Balaban J connectivity index is 2.05. The number of rotatable bonds is 3. The Morgan fingerprint density at radius 1 is 1.59 bits per heavy atom. The van der Waals surface area contributed by atoms with Crippen LogP contribution in [-0.4, -0.2) is 22.8 Å². The first-order valence-electron chi connectivity index (χ1n) is 4.90. The van der Waals surface area contributed by atoms with Crippen molar-refractivity contribution in [2.75, 3.05) is 7.05 Å². The minimum Gasteiger partial charge on any atom is -0.452 e. The molecule has 0 aliphatic rings. The highest BCUT2D eigenvalue weighted by atomic mass is 79.9. The zero-order chi connectivity index (χ0) is 12.4. The molecule has 0 bridgehead atoms. The van der Waals surface area contributed by atoms with Crippen LogP contribution in [-0.2, 0) is 6.54 Å². The average Bonchev–Trinajstić information content (AvgIpc) is 2.87. The summed E-state index contributed by atoms with van der Waals surface area (Å²) in [7, 11) is 1.70. The highest BCUT2D eigenvalue weighted by Crippen LogP contribution is 2.17. The molecule has 1 amide bonds. The molecule has 2 aromatic rings. The molecule has 1 N–H and O–H groups in total. The molecule has 2 rings (SSSR count). The van der Waals surface area contributed by atoms with Crippen LogP contribution in [0.4, 0.5) is 0 Å². The van der Waals surface area contributed by atoms with E-state index in [4.69, 9.17) is 16.0 Å². The van der Waals surface area contributed by atoms with Gasteiger partial charge in [-0.3, -0.25) is 4.79 Å². The number of nitrogens with one attached hydrogen (secondary N) is 1. The van der Waals surface area contributed by atoms with E-state index in [-0.39, 0.29) is 5.91 Å². The summed E-state index contributed by atoms with van der Waals surface area (Å²) in [6.45, 7) is 0.404. The van der Waals surface area contributed by atoms with Crippen LogP contribution >= 0.6 is 27.5 Å². The highest BCUT2D eigenvalue weighted by molar-refractivity contribution is 9.10. The lowest BCUT2D eigenvalue weighted by Crippen LogP contribution is -2.26. The van der Waals surface area contributed by atoms with Crippen molar-refractivity contribution in [1.29, 1.82) is 0 Å². The average molecular weight is 318 g/mol. The first kappa shape index (κ1) is 12.3. The number of carbonyl (C=O) groups is 1. The molecular weight excluding hydrogens is 307 g/mol. The maximum Gasteiger partial charge on any atom is 0.270 e. The summed E-state index contributed by atoms with van der Waals surface area (Å²) >= 11 is 8.96. The van der Waals surface area contributed by atoms with E-state index in [1.54, 1.807) is 30.3 Å². The predicted octanol–water partition coefficient (Wildman–Crippen LogP) is 3.30. The van der Waals surface area contributed by atoms with Crippen LogP contribution < -0.4 is 0 Å². The molecule has 0 saturated heterocycles. The summed E-state index contributed by atoms with van der Waals surface area (Å²) in [5.74, 6) is 0.579. The van der Waals surface area contributed by atoms with Gasteiger partial charge in [0.25, 0.3) is 5.91 Å². The van der Waals surface area contributed by atoms with E-state index in [2.05, 4.69) is 20.9 Å². The fourth-order valence-corrected chi connectivity index (χ4v) is 1.94. The summed E-state index contributed by atoms with van der Waals surface area (Å²) in [5, 5.41) is 0.516. The number of hydrogen-bond acceptors (Lipinski definition) is 2. The Morgan fingerprint density at radius 2 is 2.35 bits per heavy atom. The van der Waals surface area contributed by atoms with Crippen molar-refractivity contribution in [3.63, 3.8) is 0 Å². The minimum absolute atomic E-state index is 0.135. The molecule has 2 aromatic heterocycles. The molecule has 6 heteroatoms. The first-order valence-corrected chi connectivity index (χ1v) is 6.07. The number of carbonyl (C=O) groups excluding carboxylic acids is 1. The fraction of sp³-hybridized carbons (Fsp3) is 0.182. The van der Waals surface area contributed by atoms with Gasteiger partial charge in [0.05, 0.1) is 11.6 Å². The van der Waals surface area contributed by atoms with Crippen LogP contribution in [0, 0.1) is 0 Å². The second-order valence-corrected chi connectivity index (χ2v) is 4.82. The molecule has 0 aromatic carbocycles. The lowest BCUT2D eigenvalue weighted by molar-refractivity contribution is 0.0770. The van der Waals surface area contributed by atoms with Gasteiger partial charge in [-0.05, 0) is 34.1 Å². The van der Waals surface area contributed by atoms with Gasteiger partial charge in [-0.25, -0.2) is 0 Å². The zero-order valence-electron chi connectivity index (χ0n) is 9.04. The molecule has 17 heavy (non-hydrogen) atoms. The summed E-state index contributed by atoms with van der Waals surface area (Å²) in [5.41, 5.74) is 0.461. The van der Waals surface area contributed by atoms with Gasteiger partial charge in [0.2, 0.25) is 0 Å². The largest absolute Gasteiger partial charge is 0.452 e. The van der Waals surface area contributed by atoms with Crippen molar-refractivity contribution >= 4 is 33.4 Å². The lowest BCUT2D eigenvalue weighted by Gasteiger charge is -2.14. The summed E-state index contributed by atoms with van der Waals surface area (Å²) in [6.07, 6.45) is 1.58. The van der Waals surface area contributed by atoms with Crippen LogP contribution in [0.25, 0.3) is 0 Å². The van der Waals surface area contributed by atoms with E-state index in [0.29, 0.717) is 27.7 Å². The summed E-state index contributed by atoms with van der Waals surface area (Å²) < 4.78 is 5.98. The van der Waals surface area contributed by atoms with E-state index < -0.39 is 0 Å². The first-order chi connectivity index (χ1) is 8.06. The number of H-pyrrole nitrogens is 1. The smallest absolute Gasteiger partial charge is 0.270 e. The number of hydrogen-bond donors (Lipinski definition) is 1. The second kappa shape index (κ2) is 4.98. The third-order valence-electron chi connectivity index (χ3n) is 2.25. The Bertz CT molecular complexity index is 535. The van der Waals surface area contributed by atoms with E-state index in [1.807, 2.05) is 6.07 Å². The number of aromatic nitrogens is 1.